The van der Waals surface area contributed by atoms with Crippen molar-refractivity contribution in [3.63, 3.8) is 0 Å². The molecule has 1 rings (SSSR count). The second kappa shape index (κ2) is 3.61. The summed E-state index contributed by atoms with van der Waals surface area (Å²) < 4.78 is 12.5. The molecule has 76 valence electrons. The minimum absolute atomic E-state index is 0.412. The Kier molecular flexibility index (Phi) is 2.69. The summed E-state index contributed by atoms with van der Waals surface area (Å²) in [4.78, 5) is 14.7. The van der Waals surface area contributed by atoms with E-state index in [0.29, 0.717) is 5.82 Å². The molecule has 0 aliphatic rings. The van der Waals surface area contributed by atoms with Gasteiger partial charge >= 0.3 is 0 Å². The van der Waals surface area contributed by atoms with Crippen LogP contribution >= 0.6 is 0 Å². The third-order valence-corrected chi connectivity index (χ3v) is 1.78. The number of carbonyl (C=O) groups is 1. The molecule has 0 atom stereocenters. The zero-order valence-electron chi connectivity index (χ0n) is 8.04. The lowest BCUT2D eigenvalue weighted by Gasteiger charge is -2.22. The van der Waals surface area contributed by atoms with Crippen LogP contribution in [0, 0.1) is 5.82 Å². The monoisotopic (exact) mass is 197 g/mol. The fourth-order valence-corrected chi connectivity index (χ4v) is 0.832. The van der Waals surface area contributed by atoms with Crippen molar-refractivity contribution < 1.29 is 9.18 Å². The Balaban J connectivity index is 2.79. The zero-order valence-corrected chi connectivity index (χ0v) is 8.04. The van der Waals surface area contributed by atoms with Gasteiger partial charge in [0.1, 0.15) is 17.2 Å². The van der Waals surface area contributed by atoms with Crippen LogP contribution in [0.2, 0.25) is 0 Å². The molecular weight excluding hydrogens is 185 g/mol. The Morgan fingerprint density at radius 1 is 1.57 bits per heavy atom. The van der Waals surface area contributed by atoms with Crippen LogP contribution in [0.3, 0.4) is 0 Å². The highest BCUT2D eigenvalue weighted by Crippen LogP contribution is 2.11. The molecule has 1 heterocycles. The van der Waals surface area contributed by atoms with E-state index < -0.39 is 17.3 Å². The predicted molar refractivity (Wildman–Crippen MR) is 51.1 cm³/mol. The SMILES string of the molecule is CC(C)(Nc1ccc(F)cn1)C(N)=O. The van der Waals surface area contributed by atoms with Crippen LogP contribution < -0.4 is 11.1 Å². The minimum atomic E-state index is -0.898. The van der Waals surface area contributed by atoms with Crippen LogP contribution in [0.15, 0.2) is 18.3 Å². The van der Waals surface area contributed by atoms with Crippen LogP contribution in [-0.2, 0) is 4.79 Å². The third-order valence-electron chi connectivity index (χ3n) is 1.78. The van der Waals surface area contributed by atoms with E-state index in [0.717, 1.165) is 6.20 Å². The van der Waals surface area contributed by atoms with Gasteiger partial charge in [0.2, 0.25) is 5.91 Å². The van der Waals surface area contributed by atoms with E-state index >= 15 is 0 Å². The van der Waals surface area contributed by atoms with Crippen LogP contribution in [0.1, 0.15) is 13.8 Å². The topological polar surface area (TPSA) is 68.0 Å². The summed E-state index contributed by atoms with van der Waals surface area (Å²) in [5.41, 5.74) is 4.25. The summed E-state index contributed by atoms with van der Waals surface area (Å²) >= 11 is 0. The number of primary amides is 1. The summed E-state index contributed by atoms with van der Waals surface area (Å²) in [5.74, 6) is -0.508. The van der Waals surface area contributed by atoms with E-state index in [9.17, 15) is 9.18 Å². The molecule has 0 radical (unpaired) electrons. The van der Waals surface area contributed by atoms with Crippen molar-refractivity contribution in [1.29, 1.82) is 0 Å². The average molecular weight is 197 g/mol. The van der Waals surface area contributed by atoms with Gasteiger partial charge in [0.05, 0.1) is 6.20 Å². The van der Waals surface area contributed by atoms with Gasteiger partial charge < -0.3 is 11.1 Å². The van der Waals surface area contributed by atoms with Gasteiger partial charge in [0.25, 0.3) is 0 Å². The lowest BCUT2D eigenvalue weighted by atomic mass is 10.1. The molecule has 0 saturated carbocycles. The number of hydrogen-bond donors (Lipinski definition) is 2. The Bertz CT molecular complexity index is 334. The number of carbonyl (C=O) groups excluding carboxylic acids is 1. The lowest BCUT2D eigenvalue weighted by Crippen LogP contribution is -2.45. The molecule has 0 fully saturated rings. The fourth-order valence-electron chi connectivity index (χ4n) is 0.832. The first-order chi connectivity index (χ1) is 6.42. The normalized spacial score (nSPS) is 11.1. The molecule has 1 aromatic rings. The Labute approximate surface area is 81.3 Å². The lowest BCUT2D eigenvalue weighted by molar-refractivity contribution is -0.121. The van der Waals surface area contributed by atoms with Gasteiger partial charge in [0, 0.05) is 0 Å². The van der Waals surface area contributed by atoms with Crippen molar-refractivity contribution in [3.05, 3.63) is 24.1 Å². The molecule has 5 heteroatoms. The maximum absolute atomic E-state index is 12.5. The van der Waals surface area contributed by atoms with Crippen LogP contribution in [0.4, 0.5) is 10.2 Å². The van der Waals surface area contributed by atoms with Gasteiger partial charge in [-0.3, -0.25) is 4.79 Å². The second-order valence-electron chi connectivity index (χ2n) is 3.48. The number of amides is 1. The molecule has 4 nitrogen and oxygen atoms in total. The number of rotatable bonds is 3. The summed E-state index contributed by atoms with van der Waals surface area (Å²) in [5, 5.41) is 2.79. The van der Waals surface area contributed by atoms with Gasteiger partial charge in [-0.1, -0.05) is 0 Å². The number of hydrogen-bond acceptors (Lipinski definition) is 3. The van der Waals surface area contributed by atoms with E-state index in [4.69, 9.17) is 5.73 Å². The first kappa shape index (κ1) is 10.4. The van der Waals surface area contributed by atoms with Crippen molar-refractivity contribution >= 4 is 11.7 Å². The van der Waals surface area contributed by atoms with Crippen LogP contribution in [0.25, 0.3) is 0 Å². The van der Waals surface area contributed by atoms with Crippen LogP contribution in [-0.4, -0.2) is 16.4 Å². The van der Waals surface area contributed by atoms with Crippen molar-refractivity contribution in [2.75, 3.05) is 5.32 Å². The summed E-state index contributed by atoms with van der Waals surface area (Å²) in [6.45, 7) is 3.25. The molecule has 0 saturated heterocycles. The van der Waals surface area contributed by atoms with Gasteiger partial charge in [-0.05, 0) is 26.0 Å². The molecule has 3 N–H and O–H groups in total. The number of anilines is 1. The minimum Gasteiger partial charge on any atom is -0.368 e. The first-order valence-electron chi connectivity index (χ1n) is 4.11. The molecule has 1 aromatic heterocycles. The van der Waals surface area contributed by atoms with Crippen LogP contribution in [0.5, 0.6) is 0 Å². The molecule has 1 amide bonds. The molecule has 0 bridgehead atoms. The molecule has 0 spiro atoms. The Morgan fingerprint density at radius 2 is 2.21 bits per heavy atom. The van der Waals surface area contributed by atoms with Crippen molar-refractivity contribution in [2.45, 2.75) is 19.4 Å². The molecule has 14 heavy (non-hydrogen) atoms. The third kappa shape index (κ3) is 2.42. The van der Waals surface area contributed by atoms with Gasteiger partial charge in [0.15, 0.2) is 0 Å². The number of nitrogens with two attached hydrogens (primary N) is 1. The summed E-state index contributed by atoms with van der Waals surface area (Å²) in [6.07, 6.45) is 1.07. The largest absolute Gasteiger partial charge is 0.368 e. The molecular formula is C9H12FN3O. The number of nitrogens with zero attached hydrogens (tertiary/aromatic N) is 1. The fraction of sp³-hybridized carbons (Fsp3) is 0.333. The van der Waals surface area contributed by atoms with Crippen molar-refractivity contribution in [1.82, 2.24) is 4.98 Å². The van der Waals surface area contributed by atoms with Gasteiger partial charge in [-0.2, -0.15) is 0 Å². The highest BCUT2D eigenvalue weighted by molar-refractivity contribution is 5.86. The van der Waals surface area contributed by atoms with Gasteiger partial charge in [-0.25, -0.2) is 9.37 Å². The second-order valence-corrected chi connectivity index (χ2v) is 3.48. The van der Waals surface area contributed by atoms with E-state index in [2.05, 4.69) is 10.3 Å². The molecule has 0 aliphatic carbocycles. The van der Waals surface area contributed by atoms with E-state index in [1.807, 2.05) is 0 Å². The van der Waals surface area contributed by atoms with Crippen molar-refractivity contribution in [2.24, 2.45) is 5.73 Å². The van der Waals surface area contributed by atoms with E-state index in [1.165, 1.54) is 12.1 Å². The molecule has 0 aromatic carbocycles. The van der Waals surface area contributed by atoms with E-state index in [1.54, 1.807) is 13.8 Å². The van der Waals surface area contributed by atoms with Gasteiger partial charge in [-0.15, -0.1) is 0 Å². The highest BCUT2D eigenvalue weighted by atomic mass is 19.1. The maximum atomic E-state index is 12.5. The molecule has 0 aliphatic heterocycles. The predicted octanol–water partition coefficient (Wildman–Crippen LogP) is 0.897. The zero-order chi connectivity index (χ0) is 10.8. The quantitative estimate of drug-likeness (QED) is 0.756. The number of nitrogens with one attached hydrogen (secondary N) is 1. The summed E-state index contributed by atoms with van der Waals surface area (Å²) in [6, 6.07) is 2.70. The highest BCUT2D eigenvalue weighted by Gasteiger charge is 2.24. The number of pyridine rings is 1. The Morgan fingerprint density at radius 3 is 2.64 bits per heavy atom. The van der Waals surface area contributed by atoms with Crippen molar-refractivity contribution in [3.8, 4) is 0 Å². The summed E-state index contributed by atoms with van der Waals surface area (Å²) in [7, 11) is 0. The van der Waals surface area contributed by atoms with E-state index in [-0.39, 0.29) is 0 Å². The molecule has 0 unspecified atom stereocenters. The standard InChI is InChI=1S/C9H12FN3O/c1-9(2,8(11)14)13-7-4-3-6(10)5-12-7/h3-5H,1-2H3,(H2,11,14)(H,12,13). The first-order valence-corrected chi connectivity index (χ1v) is 4.11. The number of aromatic nitrogens is 1. The smallest absolute Gasteiger partial charge is 0.242 e. The number of halogens is 1. The maximum Gasteiger partial charge on any atom is 0.242 e. The Hall–Kier alpha value is -1.65. The average Bonchev–Trinajstić information content (AvgIpc) is 2.08.